The number of nitrogens with two attached hydrogens (primary N) is 2. The van der Waals surface area contributed by atoms with Crippen molar-refractivity contribution in [1.82, 2.24) is 39.4 Å². The molecule has 4 aromatic heterocycles. The van der Waals surface area contributed by atoms with Gasteiger partial charge in [-0.2, -0.15) is 4.98 Å². The number of carbonyl (C=O) groups excluding carboxylic acids is 3. The molecule has 2 aliphatic heterocycles. The van der Waals surface area contributed by atoms with Gasteiger partial charge >= 0.3 is 33.4 Å². The van der Waals surface area contributed by atoms with E-state index in [4.69, 9.17) is 39.5 Å². The zero-order valence-electron chi connectivity index (χ0n) is 40.6. The molecule has 9 atom stereocenters. The predicted molar refractivity (Wildman–Crippen MR) is 264 cm³/mol. The average Bonchev–Trinajstić information content (AvgIpc) is 4.16. The number of hydrogen-bond donors (Lipinski definition) is 8. The Balaban J connectivity index is 0.980. The van der Waals surface area contributed by atoms with Crippen LogP contribution in [0.15, 0.2) is 96.6 Å². The van der Waals surface area contributed by atoms with E-state index in [1.165, 1.54) is 53.8 Å². The van der Waals surface area contributed by atoms with Gasteiger partial charge in [0.25, 0.3) is 0 Å². The number of phosphoric acid groups is 2. The third-order valence-electron chi connectivity index (χ3n) is 11.8. The van der Waals surface area contributed by atoms with Crippen LogP contribution in [0.4, 0.5) is 32.3 Å². The molecule has 2 fully saturated rings. The number of amides is 2. The maximum Gasteiger partial charge on any atom is 0.472 e. The van der Waals surface area contributed by atoms with Crippen molar-refractivity contribution < 1.29 is 80.2 Å². The first kappa shape index (κ1) is 55.9. The molecule has 2 aromatic carbocycles. The van der Waals surface area contributed by atoms with Gasteiger partial charge in [0.2, 0.25) is 5.91 Å². The van der Waals surface area contributed by atoms with E-state index in [9.17, 15) is 52.5 Å². The Morgan fingerprint density at radius 3 is 2.30 bits per heavy atom. The Hall–Kier alpha value is -7.34. The second-order valence-corrected chi connectivity index (χ2v) is 20.2. The number of nitrogen functional groups attached to an aromatic ring is 2. The van der Waals surface area contributed by atoms with Crippen molar-refractivity contribution in [2.45, 2.75) is 74.9 Å². The van der Waals surface area contributed by atoms with Crippen molar-refractivity contribution in [3.8, 4) is 0 Å². The fourth-order valence-corrected chi connectivity index (χ4v) is 9.36. The number of pyridine rings is 1. The minimum atomic E-state index is -5.41. The number of benzene rings is 2. The van der Waals surface area contributed by atoms with Gasteiger partial charge in [-0.1, -0.05) is 30.3 Å². The highest BCUT2D eigenvalue weighted by atomic mass is 31.2. The second kappa shape index (κ2) is 23.9. The Morgan fingerprint density at radius 2 is 1.61 bits per heavy atom. The lowest BCUT2D eigenvalue weighted by Crippen LogP contribution is -2.45. The van der Waals surface area contributed by atoms with Crippen LogP contribution < -0.4 is 32.7 Å². The van der Waals surface area contributed by atoms with Crippen molar-refractivity contribution in [2.24, 2.45) is 0 Å². The molecule has 32 heteroatoms. The largest absolute Gasteiger partial charge is 0.472 e. The molecule has 2 amide bonds. The van der Waals surface area contributed by atoms with E-state index >= 15 is 0 Å². The summed E-state index contributed by atoms with van der Waals surface area (Å²) in [5.41, 5.74) is 13.0. The Labute approximate surface area is 435 Å². The van der Waals surface area contributed by atoms with E-state index < -0.39 is 101 Å². The first-order chi connectivity index (χ1) is 36.6. The number of anilines is 4. The second-order valence-electron chi connectivity index (χ2n) is 17.6. The molecule has 2 saturated heterocycles. The molecule has 6 heterocycles. The van der Waals surface area contributed by atoms with Crippen molar-refractivity contribution in [3.63, 3.8) is 0 Å². The Kier molecular flexibility index (Phi) is 17.4. The van der Waals surface area contributed by atoms with Crippen LogP contribution in [0.25, 0.3) is 11.2 Å². The van der Waals surface area contributed by atoms with Gasteiger partial charge < -0.3 is 65.7 Å². The van der Waals surface area contributed by atoms with E-state index in [1.807, 2.05) is 0 Å². The van der Waals surface area contributed by atoms with Gasteiger partial charge in [-0.3, -0.25) is 27.5 Å². The minimum absolute atomic E-state index is 0.00440. The fourth-order valence-electron chi connectivity index (χ4n) is 8.05. The summed E-state index contributed by atoms with van der Waals surface area (Å²) in [6.07, 6.45) is -7.52. The smallest absolute Gasteiger partial charge is 0.458 e. The molecular weight excluding hydrogens is 1060 g/mol. The number of nitrogens with zero attached hydrogens (tertiary/aromatic N) is 8. The number of esters is 1. The summed E-state index contributed by atoms with van der Waals surface area (Å²) in [6.45, 7) is -2.17. The molecule has 2 aliphatic rings. The lowest BCUT2D eigenvalue weighted by atomic mass is 10.1. The van der Waals surface area contributed by atoms with Gasteiger partial charge in [-0.05, 0) is 53.1 Å². The van der Waals surface area contributed by atoms with Crippen molar-refractivity contribution in [2.75, 3.05) is 49.0 Å². The average molecular weight is 1110 g/mol. The Morgan fingerprint density at radius 1 is 0.896 bits per heavy atom. The lowest BCUT2D eigenvalue weighted by molar-refractivity contribution is -0.155. The summed E-state index contributed by atoms with van der Waals surface area (Å²) in [5, 5.41) is 16.6. The number of nitrogens with one attached hydrogen (secondary N) is 2. The summed E-state index contributed by atoms with van der Waals surface area (Å²) < 4.78 is 79.5. The van der Waals surface area contributed by atoms with Crippen LogP contribution in [0.3, 0.4) is 0 Å². The van der Waals surface area contributed by atoms with E-state index in [0.29, 0.717) is 28.2 Å². The van der Waals surface area contributed by atoms with Crippen molar-refractivity contribution >= 4 is 67.9 Å². The highest BCUT2D eigenvalue weighted by Gasteiger charge is 2.51. The minimum Gasteiger partial charge on any atom is -0.458 e. The number of hydrogen-bond acceptors (Lipinski definition) is 22. The van der Waals surface area contributed by atoms with Gasteiger partial charge in [-0.25, -0.2) is 47.8 Å². The third-order valence-corrected chi connectivity index (χ3v) is 13.3. The summed E-state index contributed by atoms with van der Waals surface area (Å²) in [4.78, 5) is 105. The number of fused-ring (bicyclic) bond motifs is 1. The van der Waals surface area contributed by atoms with E-state index in [0.717, 1.165) is 10.8 Å². The van der Waals surface area contributed by atoms with Crippen molar-refractivity contribution in [3.05, 3.63) is 125 Å². The Bertz CT molecular complexity index is 3230. The number of rotatable bonds is 21. The molecule has 0 aliphatic carbocycles. The van der Waals surface area contributed by atoms with Crippen LogP contribution in [0.2, 0.25) is 0 Å². The molecule has 410 valence electrons. The molecule has 10 N–H and O–H groups in total. The molecule has 77 heavy (non-hydrogen) atoms. The van der Waals surface area contributed by atoms with Gasteiger partial charge in [0.05, 0.1) is 26.0 Å². The van der Waals surface area contributed by atoms with E-state index in [1.54, 1.807) is 55.4 Å². The molecule has 8 rings (SSSR count). The summed E-state index contributed by atoms with van der Waals surface area (Å²) in [5.74, 6) is -1.36. The number of ether oxygens (including phenoxy) is 4. The number of aromatic nitrogens is 7. The fraction of sp³-hybridized carbons (Fsp3) is 0.356. The highest BCUT2D eigenvalue weighted by Crippen LogP contribution is 2.50. The maximum atomic E-state index is 14.4. The SMILES string of the molecule is CN(C)c1ccc(C[C@H](NC(=O)OCc2ccc(NC(=O)Cc3ccc(F)cc3)cc2)C(=O)O[C@@H]2C[C@H](n3cnc4c(N)ncnc43)O[C@@H]2COP(=O)(O)OC2C(O)C(n3ccc(N)nc3=O)O[C@@H]2COP(=O)(O)O)cn1. The number of aliphatic hydroxyl groups is 1. The van der Waals surface area contributed by atoms with Crippen LogP contribution in [0, 0.1) is 5.82 Å². The van der Waals surface area contributed by atoms with Crippen LogP contribution in [0.1, 0.15) is 35.6 Å². The van der Waals surface area contributed by atoms with E-state index in [-0.39, 0.29) is 54.6 Å². The number of aliphatic hydroxyl groups excluding tert-OH is 1. The van der Waals surface area contributed by atoms with Gasteiger partial charge in [0.1, 0.15) is 78.7 Å². The third kappa shape index (κ3) is 14.6. The molecule has 4 unspecified atom stereocenters. The van der Waals surface area contributed by atoms with Gasteiger partial charge in [0.15, 0.2) is 17.7 Å². The van der Waals surface area contributed by atoms with Gasteiger partial charge in [0, 0.05) is 45.0 Å². The standard InChI is InChI=1S/C45H51FN12O17P2/c1-56(2)34-12-7-26(18-49-34)15-29(54-45(63)69-19-25-5-10-28(11-6-25)53-35(59)16-24-3-8-27(46)9-4-24)43(61)74-30-17-36(58-23-52-37-40(48)50-22-51-41(37)58)72-31(30)20-71-77(67,68)75-39-32(21-70-76(64,65)66)73-42(38(39)60)57-14-13-33(47)55-44(57)62/h3-14,18,22-23,29-32,36,38-39,42,60H,15-17,19-21H2,1-2H3,(H,53,59)(H,54,63)(H,67,68)(H2,47,55,62)(H2,48,50,51)(H2,64,65,66)/t29-,30+,31+,32+,36+,38?,39?,42?/m0/s1. The monoisotopic (exact) mass is 1110 g/mol. The summed E-state index contributed by atoms with van der Waals surface area (Å²) in [6, 6.07) is 15.0. The zero-order chi connectivity index (χ0) is 55.2. The quantitative estimate of drug-likeness (QED) is 0.0375. The molecule has 0 spiro atoms. The number of imidazole rings is 1. The molecule has 0 saturated carbocycles. The van der Waals surface area contributed by atoms with Crippen LogP contribution in [0.5, 0.6) is 0 Å². The number of alkyl carbamates (subject to hydrolysis) is 1. The molecule has 0 bridgehead atoms. The zero-order valence-corrected chi connectivity index (χ0v) is 42.4. The molecule has 0 radical (unpaired) electrons. The number of carbonyl (C=O) groups is 3. The first-order valence-electron chi connectivity index (χ1n) is 23.1. The molecule has 6 aromatic rings. The van der Waals surface area contributed by atoms with Crippen LogP contribution >= 0.6 is 15.6 Å². The summed E-state index contributed by atoms with van der Waals surface area (Å²) >= 11 is 0. The number of phosphoric ester groups is 2. The van der Waals surface area contributed by atoms with Gasteiger partial charge in [-0.15, -0.1) is 0 Å². The van der Waals surface area contributed by atoms with Crippen LogP contribution in [-0.2, 0) is 70.7 Å². The van der Waals surface area contributed by atoms with Crippen LogP contribution in [-0.4, -0.2) is 136 Å². The van der Waals surface area contributed by atoms with Crippen molar-refractivity contribution in [1.29, 1.82) is 0 Å². The van der Waals surface area contributed by atoms with E-state index in [2.05, 4.69) is 40.1 Å². The normalized spacial score (nSPS) is 21.5. The lowest BCUT2D eigenvalue weighted by Gasteiger charge is -2.25. The topological polar surface area (TPSA) is 402 Å². The molecular formula is C45H51FN12O17P2. The molecule has 29 nitrogen and oxygen atoms in total. The predicted octanol–water partition coefficient (Wildman–Crippen LogP) is 1.64. The number of halogens is 1. The first-order valence-corrected chi connectivity index (χ1v) is 26.1. The summed E-state index contributed by atoms with van der Waals surface area (Å²) in [7, 11) is -7.05. The maximum absolute atomic E-state index is 14.4. The highest BCUT2D eigenvalue weighted by molar-refractivity contribution is 7.47.